The van der Waals surface area contributed by atoms with Crippen molar-refractivity contribution in [3.8, 4) is 5.75 Å². The summed E-state index contributed by atoms with van der Waals surface area (Å²) in [6.07, 6.45) is -4.90. The number of amides is 2. The summed E-state index contributed by atoms with van der Waals surface area (Å²) in [5.41, 5.74) is 1.06. The predicted molar refractivity (Wildman–Crippen MR) is 132 cm³/mol. The largest absolute Gasteiger partial charge is 0.497 e. The third-order valence-electron chi connectivity index (χ3n) is 5.49. The van der Waals surface area contributed by atoms with Gasteiger partial charge < -0.3 is 20.7 Å². The number of methoxy groups -OCH3 is 1. The molecule has 1 atom stereocenters. The maximum absolute atomic E-state index is 13.5. The second-order valence-corrected chi connectivity index (χ2v) is 8.20. The van der Waals surface area contributed by atoms with Crippen molar-refractivity contribution in [1.29, 1.82) is 0 Å². The Hall–Kier alpha value is -4.01. The predicted octanol–water partition coefficient (Wildman–Crippen LogP) is 4.59. The van der Waals surface area contributed by atoms with Gasteiger partial charge in [0.25, 0.3) is 5.91 Å². The number of hydrogen-bond donors (Lipinski definition) is 3. The van der Waals surface area contributed by atoms with Crippen LogP contribution in [0.25, 0.3) is 0 Å². The highest BCUT2D eigenvalue weighted by Crippen LogP contribution is 2.32. The average Bonchev–Trinajstić information content (AvgIpc) is 2.86. The fourth-order valence-electron chi connectivity index (χ4n) is 3.66. The molecular formula is C27H28F3N3O3. The second-order valence-electron chi connectivity index (χ2n) is 8.20. The van der Waals surface area contributed by atoms with Crippen LogP contribution in [0.2, 0.25) is 0 Å². The van der Waals surface area contributed by atoms with Crippen LogP contribution in [0.1, 0.15) is 27.0 Å². The molecule has 0 saturated heterocycles. The zero-order valence-corrected chi connectivity index (χ0v) is 20.0. The first-order valence-electron chi connectivity index (χ1n) is 11.4. The summed E-state index contributed by atoms with van der Waals surface area (Å²) in [4.78, 5) is 25.8. The van der Waals surface area contributed by atoms with E-state index in [2.05, 4.69) is 16.0 Å². The normalized spacial score (nSPS) is 11.9. The Balaban J connectivity index is 1.70. The Morgan fingerprint density at radius 3 is 2.33 bits per heavy atom. The molecule has 0 aromatic heterocycles. The summed E-state index contributed by atoms with van der Waals surface area (Å²) in [6.45, 7) is 2.38. The highest BCUT2D eigenvalue weighted by Gasteiger charge is 2.34. The SMILES string of the molecule is COc1ccc(NCCNC(=O)C(Cc2ccccc2C(F)(F)F)NC(=O)c2cccc(C)c2)cc1. The summed E-state index contributed by atoms with van der Waals surface area (Å²) in [7, 11) is 1.57. The van der Waals surface area contributed by atoms with E-state index in [-0.39, 0.29) is 18.5 Å². The standard InChI is InChI=1S/C27H28F3N3O3/c1-18-6-5-8-20(16-18)25(34)33-24(17-19-7-3-4-9-23(19)27(28,29)30)26(35)32-15-14-31-21-10-12-22(36-2)13-11-21/h3-13,16,24,31H,14-15,17H2,1-2H3,(H,32,35)(H,33,34). The van der Waals surface area contributed by atoms with E-state index in [1.807, 2.05) is 25.1 Å². The van der Waals surface area contributed by atoms with Gasteiger partial charge in [-0.2, -0.15) is 13.2 Å². The lowest BCUT2D eigenvalue weighted by molar-refractivity contribution is -0.138. The lowest BCUT2D eigenvalue weighted by Gasteiger charge is -2.21. The lowest BCUT2D eigenvalue weighted by Crippen LogP contribution is -2.49. The maximum atomic E-state index is 13.5. The van der Waals surface area contributed by atoms with E-state index in [1.165, 1.54) is 18.2 Å². The van der Waals surface area contributed by atoms with E-state index in [9.17, 15) is 22.8 Å². The number of ether oxygens (including phenoxy) is 1. The van der Waals surface area contributed by atoms with Gasteiger partial charge in [-0.15, -0.1) is 0 Å². The smallest absolute Gasteiger partial charge is 0.416 e. The summed E-state index contributed by atoms with van der Waals surface area (Å²) in [5.74, 6) is -0.413. The number of rotatable bonds is 10. The van der Waals surface area contributed by atoms with Gasteiger partial charge in [0.2, 0.25) is 5.91 Å². The van der Waals surface area contributed by atoms with Crippen LogP contribution in [0.15, 0.2) is 72.8 Å². The first-order chi connectivity index (χ1) is 17.2. The van der Waals surface area contributed by atoms with Crippen molar-refractivity contribution in [2.75, 3.05) is 25.5 Å². The minimum absolute atomic E-state index is 0.0777. The molecule has 0 heterocycles. The number of benzene rings is 3. The molecule has 0 aliphatic carbocycles. The van der Waals surface area contributed by atoms with Crippen molar-refractivity contribution in [2.24, 2.45) is 0 Å². The van der Waals surface area contributed by atoms with Crippen molar-refractivity contribution >= 4 is 17.5 Å². The van der Waals surface area contributed by atoms with Crippen LogP contribution < -0.4 is 20.7 Å². The molecule has 190 valence electrons. The number of carbonyl (C=O) groups is 2. The Labute approximate surface area is 207 Å². The van der Waals surface area contributed by atoms with Gasteiger partial charge in [-0.1, -0.05) is 35.9 Å². The molecule has 0 bridgehead atoms. The monoisotopic (exact) mass is 499 g/mol. The molecule has 0 spiro atoms. The van der Waals surface area contributed by atoms with Crippen molar-refractivity contribution < 1.29 is 27.5 Å². The average molecular weight is 500 g/mol. The van der Waals surface area contributed by atoms with Crippen LogP contribution in [-0.2, 0) is 17.4 Å². The van der Waals surface area contributed by atoms with Gasteiger partial charge in [0, 0.05) is 30.8 Å². The lowest BCUT2D eigenvalue weighted by atomic mass is 9.98. The molecular weight excluding hydrogens is 471 g/mol. The summed E-state index contributed by atoms with van der Waals surface area (Å²) >= 11 is 0. The molecule has 3 rings (SSSR count). The Morgan fingerprint density at radius 2 is 1.67 bits per heavy atom. The third-order valence-corrected chi connectivity index (χ3v) is 5.49. The molecule has 36 heavy (non-hydrogen) atoms. The van der Waals surface area contributed by atoms with E-state index >= 15 is 0 Å². The fraction of sp³-hybridized carbons (Fsp3) is 0.259. The Morgan fingerprint density at radius 1 is 0.944 bits per heavy atom. The molecule has 0 radical (unpaired) electrons. The molecule has 0 saturated carbocycles. The van der Waals surface area contributed by atoms with Crippen LogP contribution in [0.5, 0.6) is 5.75 Å². The number of anilines is 1. The number of carbonyl (C=O) groups excluding carboxylic acids is 2. The fourth-order valence-corrected chi connectivity index (χ4v) is 3.66. The quantitative estimate of drug-likeness (QED) is 0.357. The Bertz CT molecular complexity index is 1180. The van der Waals surface area contributed by atoms with Crippen molar-refractivity contribution in [1.82, 2.24) is 10.6 Å². The molecule has 6 nitrogen and oxygen atoms in total. The van der Waals surface area contributed by atoms with E-state index in [1.54, 1.807) is 37.4 Å². The minimum Gasteiger partial charge on any atom is -0.497 e. The second kappa shape index (κ2) is 12.1. The van der Waals surface area contributed by atoms with Gasteiger partial charge in [-0.05, 0) is 55.0 Å². The van der Waals surface area contributed by atoms with Gasteiger partial charge in [0.1, 0.15) is 11.8 Å². The van der Waals surface area contributed by atoms with Gasteiger partial charge in [0.15, 0.2) is 0 Å². The highest BCUT2D eigenvalue weighted by atomic mass is 19.4. The molecule has 2 amide bonds. The van der Waals surface area contributed by atoms with E-state index in [0.717, 1.165) is 17.3 Å². The van der Waals surface area contributed by atoms with Gasteiger partial charge >= 0.3 is 6.18 Å². The summed E-state index contributed by atoms with van der Waals surface area (Å²) in [5, 5.41) is 8.44. The van der Waals surface area contributed by atoms with Crippen molar-refractivity contribution in [3.63, 3.8) is 0 Å². The molecule has 9 heteroatoms. The van der Waals surface area contributed by atoms with Crippen LogP contribution in [0.4, 0.5) is 18.9 Å². The van der Waals surface area contributed by atoms with E-state index in [4.69, 9.17) is 4.74 Å². The van der Waals surface area contributed by atoms with Gasteiger partial charge in [-0.3, -0.25) is 9.59 Å². The molecule has 3 aromatic rings. The first-order valence-corrected chi connectivity index (χ1v) is 11.4. The number of aryl methyl sites for hydroxylation is 1. The van der Waals surface area contributed by atoms with Gasteiger partial charge in [0.05, 0.1) is 12.7 Å². The molecule has 0 aliphatic rings. The molecule has 1 unspecified atom stereocenters. The van der Waals surface area contributed by atoms with E-state index < -0.39 is 29.6 Å². The van der Waals surface area contributed by atoms with Gasteiger partial charge in [-0.25, -0.2) is 0 Å². The highest BCUT2D eigenvalue weighted by molar-refractivity contribution is 5.97. The number of halogens is 3. The molecule has 0 fully saturated rings. The minimum atomic E-state index is -4.58. The topological polar surface area (TPSA) is 79.5 Å². The Kier molecular flexibility index (Phi) is 8.94. The molecule has 3 aromatic carbocycles. The zero-order valence-electron chi connectivity index (χ0n) is 20.0. The van der Waals surface area contributed by atoms with Crippen LogP contribution >= 0.6 is 0 Å². The van der Waals surface area contributed by atoms with E-state index in [0.29, 0.717) is 17.9 Å². The maximum Gasteiger partial charge on any atom is 0.416 e. The van der Waals surface area contributed by atoms with Crippen LogP contribution in [0, 0.1) is 6.92 Å². The first kappa shape index (κ1) is 26.6. The van der Waals surface area contributed by atoms with Crippen molar-refractivity contribution in [3.05, 3.63) is 95.1 Å². The van der Waals surface area contributed by atoms with Crippen molar-refractivity contribution in [2.45, 2.75) is 25.6 Å². The number of nitrogens with one attached hydrogen (secondary N) is 3. The number of alkyl halides is 3. The molecule has 0 aliphatic heterocycles. The number of hydrogen-bond acceptors (Lipinski definition) is 4. The summed E-state index contributed by atoms with van der Waals surface area (Å²) < 4.78 is 45.7. The van der Waals surface area contributed by atoms with Crippen LogP contribution in [-0.4, -0.2) is 38.1 Å². The molecule has 3 N–H and O–H groups in total. The third kappa shape index (κ3) is 7.49. The van der Waals surface area contributed by atoms with Crippen LogP contribution in [0.3, 0.4) is 0 Å². The zero-order chi connectivity index (χ0) is 26.1. The summed E-state index contributed by atoms with van der Waals surface area (Å²) in [6, 6.07) is 17.8.